The summed E-state index contributed by atoms with van der Waals surface area (Å²) in [5.74, 6) is -1.60. The number of carbonyl (C=O) groups is 2. The molecule has 1 unspecified atom stereocenters. The van der Waals surface area contributed by atoms with Gasteiger partial charge in [0, 0.05) is 30.1 Å². The molecule has 0 bridgehead atoms. The monoisotopic (exact) mass is 573 g/mol. The van der Waals surface area contributed by atoms with Crippen LogP contribution >= 0.6 is 11.6 Å². The maximum absolute atomic E-state index is 14.7. The number of nitrogens with one attached hydrogen (secondary N) is 1. The quantitative estimate of drug-likeness (QED) is 0.340. The molecule has 39 heavy (non-hydrogen) atoms. The lowest BCUT2D eigenvalue weighted by atomic mass is 10.0. The smallest absolute Gasteiger partial charge is 0.244 e. The van der Waals surface area contributed by atoms with Crippen LogP contribution in [0.3, 0.4) is 0 Å². The summed E-state index contributed by atoms with van der Waals surface area (Å²) in [4.78, 5) is 28.6. The van der Waals surface area contributed by atoms with Gasteiger partial charge in [0.15, 0.2) is 0 Å². The molecule has 7 nitrogen and oxygen atoms in total. The summed E-state index contributed by atoms with van der Waals surface area (Å²) in [5, 5.41) is 3.19. The normalized spacial score (nSPS) is 12.0. The number of aryl methyl sites for hydroxylation is 1. The van der Waals surface area contributed by atoms with E-state index >= 15 is 0 Å². The molecule has 1 N–H and O–H groups in total. The first-order valence-electron chi connectivity index (χ1n) is 12.6. The van der Waals surface area contributed by atoms with E-state index in [1.165, 1.54) is 29.2 Å². The number of sulfonamides is 1. The molecule has 3 aromatic rings. The van der Waals surface area contributed by atoms with Crippen LogP contribution in [0.2, 0.25) is 5.02 Å². The van der Waals surface area contributed by atoms with E-state index in [4.69, 9.17) is 11.6 Å². The van der Waals surface area contributed by atoms with Gasteiger partial charge < -0.3 is 10.2 Å². The Kier molecular flexibility index (Phi) is 10.5. The van der Waals surface area contributed by atoms with Crippen molar-refractivity contribution in [2.24, 2.45) is 0 Å². The van der Waals surface area contributed by atoms with Gasteiger partial charge in [-0.05, 0) is 42.7 Å². The van der Waals surface area contributed by atoms with Crippen LogP contribution in [-0.4, -0.2) is 50.5 Å². The van der Waals surface area contributed by atoms with E-state index in [9.17, 15) is 22.4 Å². The fraction of sp³-hybridized carbons (Fsp3) is 0.310. The molecule has 2 amide bonds. The van der Waals surface area contributed by atoms with Crippen LogP contribution in [0.4, 0.5) is 10.1 Å². The summed E-state index contributed by atoms with van der Waals surface area (Å²) in [6.45, 7) is 3.25. The fourth-order valence-electron chi connectivity index (χ4n) is 4.08. The zero-order valence-electron chi connectivity index (χ0n) is 22.2. The first-order valence-corrected chi connectivity index (χ1v) is 14.8. The SMILES string of the molecule is CCCNC(=O)C(Cc1ccccc1)N(Cc1ccccc1F)C(=O)CN(c1ccc(C)c(Cl)c1)S(C)(=O)=O. The highest BCUT2D eigenvalue weighted by atomic mass is 35.5. The average molecular weight is 574 g/mol. The molecule has 0 aliphatic carbocycles. The number of nitrogens with zero attached hydrogens (tertiary/aromatic N) is 2. The molecular weight excluding hydrogens is 541 g/mol. The largest absolute Gasteiger partial charge is 0.354 e. The summed E-state index contributed by atoms with van der Waals surface area (Å²) in [6.07, 6.45) is 1.83. The van der Waals surface area contributed by atoms with Crippen molar-refractivity contribution in [2.45, 2.75) is 39.3 Å². The van der Waals surface area contributed by atoms with Crippen molar-refractivity contribution >= 4 is 39.1 Å². The van der Waals surface area contributed by atoms with Gasteiger partial charge in [-0.25, -0.2) is 12.8 Å². The number of anilines is 1. The lowest BCUT2D eigenvalue weighted by Gasteiger charge is -2.33. The first kappa shape index (κ1) is 30.1. The van der Waals surface area contributed by atoms with Crippen molar-refractivity contribution in [1.82, 2.24) is 10.2 Å². The standard InChI is InChI=1S/C29H33ClFN3O4S/c1-4-16-32-29(36)27(17-22-10-6-5-7-11-22)33(19-23-12-8-9-13-26(23)31)28(35)20-34(39(3,37)38)24-15-14-21(2)25(30)18-24/h5-15,18,27H,4,16-17,19-20H2,1-3H3,(H,32,36). The van der Waals surface area contributed by atoms with Crippen LogP contribution in [-0.2, 0) is 32.6 Å². The molecule has 0 saturated carbocycles. The fourth-order valence-corrected chi connectivity index (χ4v) is 5.10. The number of benzene rings is 3. The lowest BCUT2D eigenvalue weighted by Crippen LogP contribution is -2.53. The molecule has 208 valence electrons. The minimum absolute atomic E-state index is 0.159. The van der Waals surface area contributed by atoms with Crippen LogP contribution in [0.5, 0.6) is 0 Å². The average Bonchev–Trinajstić information content (AvgIpc) is 2.90. The Bertz CT molecular complexity index is 1400. The van der Waals surface area contributed by atoms with Crippen molar-refractivity contribution in [2.75, 3.05) is 23.7 Å². The van der Waals surface area contributed by atoms with E-state index in [1.807, 2.05) is 37.3 Å². The molecular formula is C29H33ClFN3O4S. The predicted molar refractivity (Wildman–Crippen MR) is 153 cm³/mol. The maximum atomic E-state index is 14.7. The second-order valence-corrected chi connectivity index (χ2v) is 11.6. The summed E-state index contributed by atoms with van der Waals surface area (Å²) in [7, 11) is -3.92. The zero-order chi connectivity index (χ0) is 28.6. The Morgan fingerprint density at radius 2 is 1.69 bits per heavy atom. The third-order valence-corrected chi connectivity index (χ3v) is 7.79. The molecule has 0 aliphatic rings. The molecule has 1 atom stereocenters. The van der Waals surface area contributed by atoms with Crippen LogP contribution in [0.1, 0.15) is 30.0 Å². The lowest BCUT2D eigenvalue weighted by molar-refractivity contribution is -0.140. The van der Waals surface area contributed by atoms with E-state index in [0.29, 0.717) is 18.0 Å². The number of rotatable bonds is 12. The molecule has 0 fully saturated rings. The van der Waals surface area contributed by atoms with Crippen LogP contribution in [0, 0.1) is 12.7 Å². The Morgan fingerprint density at radius 3 is 2.31 bits per heavy atom. The highest BCUT2D eigenvalue weighted by Crippen LogP contribution is 2.26. The summed E-state index contributed by atoms with van der Waals surface area (Å²) >= 11 is 6.25. The number of hydrogen-bond acceptors (Lipinski definition) is 4. The summed E-state index contributed by atoms with van der Waals surface area (Å²) in [5.41, 5.74) is 1.96. The van der Waals surface area contributed by atoms with E-state index in [2.05, 4.69) is 5.32 Å². The van der Waals surface area contributed by atoms with Crippen LogP contribution in [0.15, 0.2) is 72.8 Å². The van der Waals surface area contributed by atoms with Crippen LogP contribution < -0.4 is 9.62 Å². The minimum Gasteiger partial charge on any atom is -0.354 e. The molecule has 3 rings (SSSR count). The zero-order valence-corrected chi connectivity index (χ0v) is 23.8. The van der Waals surface area contributed by atoms with Crippen molar-refractivity contribution < 1.29 is 22.4 Å². The Morgan fingerprint density at radius 1 is 1.03 bits per heavy atom. The molecule has 3 aromatic carbocycles. The van der Waals surface area contributed by atoms with Gasteiger partial charge in [0.25, 0.3) is 0 Å². The molecule has 0 spiro atoms. The Labute approximate surface area is 234 Å². The molecule has 0 heterocycles. The molecule has 0 aliphatic heterocycles. The number of halogens is 2. The highest BCUT2D eigenvalue weighted by Gasteiger charge is 2.33. The number of carbonyl (C=O) groups excluding carboxylic acids is 2. The van der Waals surface area contributed by atoms with Gasteiger partial charge in [-0.1, -0.05) is 73.1 Å². The van der Waals surface area contributed by atoms with Gasteiger partial charge in [0.2, 0.25) is 21.8 Å². The molecule has 0 saturated heterocycles. The van der Waals surface area contributed by atoms with Gasteiger partial charge in [0.1, 0.15) is 18.4 Å². The van der Waals surface area contributed by atoms with Crippen molar-refractivity contribution in [3.63, 3.8) is 0 Å². The second-order valence-electron chi connectivity index (χ2n) is 9.31. The third-order valence-electron chi connectivity index (χ3n) is 6.24. The van der Waals surface area contributed by atoms with Crippen LogP contribution in [0.25, 0.3) is 0 Å². The number of amides is 2. The Hall–Kier alpha value is -3.43. The van der Waals surface area contributed by atoms with E-state index in [-0.39, 0.29) is 24.2 Å². The van der Waals surface area contributed by atoms with Crippen molar-refractivity contribution in [3.8, 4) is 0 Å². The van der Waals surface area contributed by atoms with Gasteiger partial charge in [0.05, 0.1) is 11.9 Å². The Balaban J connectivity index is 2.06. The molecule has 0 aromatic heterocycles. The second kappa shape index (κ2) is 13.6. The van der Waals surface area contributed by atoms with E-state index < -0.39 is 40.2 Å². The third kappa shape index (κ3) is 8.28. The van der Waals surface area contributed by atoms with Gasteiger partial charge >= 0.3 is 0 Å². The summed E-state index contributed by atoms with van der Waals surface area (Å²) in [6, 6.07) is 18.8. The highest BCUT2D eigenvalue weighted by molar-refractivity contribution is 7.92. The maximum Gasteiger partial charge on any atom is 0.244 e. The molecule has 0 radical (unpaired) electrons. The van der Waals surface area contributed by atoms with Crippen molar-refractivity contribution in [3.05, 3.63) is 100 Å². The number of hydrogen-bond donors (Lipinski definition) is 1. The van der Waals surface area contributed by atoms with Gasteiger partial charge in [-0.3, -0.25) is 13.9 Å². The van der Waals surface area contributed by atoms with E-state index in [0.717, 1.165) is 21.7 Å². The van der Waals surface area contributed by atoms with E-state index in [1.54, 1.807) is 25.1 Å². The first-order chi connectivity index (χ1) is 18.5. The van der Waals surface area contributed by atoms with Gasteiger partial charge in [-0.2, -0.15) is 0 Å². The molecule has 10 heteroatoms. The minimum atomic E-state index is -3.92. The van der Waals surface area contributed by atoms with Crippen molar-refractivity contribution in [1.29, 1.82) is 0 Å². The topological polar surface area (TPSA) is 86.8 Å². The summed E-state index contributed by atoms with van der Waals surface area (Å²) < 4.78 is 41.3. The predicted octanol–water partition coefficient (Wildman–Crippen LogP) is 4.72. The van der Waals surface area contributed by atoms with Gasteiger partial charge in [-0.15, -0.1) is 0 Å².